The first-order valence-corrected chi connectivity index (χ1v) is 17.9. The molecule has 0 spiro atoms. The lowest BCUT2D eigenvalue weighted by molar-refractivity contribution is 0.252. The molecule has 0 aliphatic carbocycles. The van der Waals surface area contributed by atoms with Crippen LogP contribution in [0.15, 0.2) is 97.1 Å². The monoisotopic (exact) mass is 671 g/mol. The second-order valence-corrected chi connectivity index (χ2v) is 14.1. The summed E-state index contributed by atoms with van der Waals surface area (Å²) in [6, 6.07) is 30.3. The van der Waals surface area contributed by atoms with Crippen molar-refractivity contribution in [3.05, 3.63) is 142 Å². The molecule has 5 aromatic carbocycles. The van der Waals surface area contributed by atoms with Gasteiger partial charge in [-0.1, -0.05) is 78.9 Å². The summed E-state index contributed by atoms with van der Waals surface area (Å²) in [5.74, 6) is 3.08. The van der Waals surface area contributed by atoms with E-state index in [0.29, 0.717) is 28.7 Å². The lowest BCUT2D eigenvalue weighted by atomic mass is 10.1. The maximum absolute atomic E-state index is 12.0. The van der Waals surface area contributed by atoms with Crippen LogP contribution in [0.25, 0.3) is 0 Å². The van der Waals surface area contributed by atoms with Gasteiger partial charge in [0, 0.05) is 6.07 Å². The van der Waals surface area contributed by atoms with Crippen LogP contribution in [-0.4, -0.2) is 4.89 Å². The highest BCUT2D eigenvalue weighted by Crippen LogP contribution is 2.59. The Morgan fingerprint density at radius 1 is 0.404 bits per heavy atom. The van der Waals surface area contributed by atoms with Gasteiger partial charge in [-0.05, 0) is 112 Å². The third kappa shape index (κ3) is 8.36. The zero-order valence-corrected chi connectivity index (χ0v) is 29.8. The second-order valence-electron chi connectivity index (χ2n) is 11.6. The zero-order chi connectivity index (χ0) is 33.7. The van der Waals surface area contributed by atoms with Gasteiger partial charge in [-0.15, -0.1) is 4.89 Å². The van der Waals surface area contributed by atoms with E-state index in [-0.39, 0.29) is 5.75 Å². The minimum Gasteiger partial charge on any atom is -0.408 e. The number of hydrogen-bond donors (Lipinski definition) is 1. The Hall–Kier alpha value is -4.28. The van der Waals surface area contributed by atoms with Crippen LogP contribution in [-0.2, 0) is 0 Å². The molecule has 0 radical (unpaired) electrons. The number of aryl methyl sites for hydroxylation is 8. The summed E-state index contributed by atoms with van der Waals surface area (Å²) in [4.78, 5) is 12.0. The molecule has 0 saturated heterocycles. The third-order valence-electron chi connectivity index (χ3n) is 7.59. The quantitative estimate of drug-likeness (QED) is 0.132. The predicted molar refractivity (Wildman–Crippen MR) is 190 cm³/mol. The van der Waals surface area contributed by atoms with E-state index in [0.717, 1.165) is 44.5 Å². The van der Waals surface area contributed by atoms with E-state index in [1.807, 2.05) is 128 Å². The van der Waals surface area contributed by atoms with Crippen LogP contribution in [0.2, 0.25) is 0 Å². The van der Waals surface area contributed by atoms with Gasteiger partial charge in [0.05, 0.1) is 0 Å². The summed E-state index contributed by atoms with van der Waals surface area (Å²) in [7, 11) is -6.01. The molecule has 0 bridgehead atoms. The first-order chi connectivity index (χ1) is 22.4. The second kappa shape index (κ2) is 14.6. The van der Waals surface area contributed by atoms with E-state index in [1.165, 1.54) is 0 Å². The molecule has 1 N–H and O–H groups in total. The van der Waals surface area contributed by atoms with Crippen molar-refractivity contribution < 1.29 is 32.0 Å². The Balaban J connectivity index is 1.48. The van der Waals surface area contributed by atoms with E-state index < -0.39 is 16.8 Å². The Morgan fingerprint density at radius 2 is 0.723 bits per heavy atom. The average molecular weight is 672 g/mol. The van der Waals surface area contributed by atoms with Gasteiger partial charge in [-0.25, -0.2) is 13.6 Å². The van der Waals surface area contributed by atoms with Crippen LogP contribution in [0.1, 0.15) is 44.5 Å². The molecular weight excluding hydrogens is 630 g/mol. The normalized spacial score (nSPS) is 11.3. The summed E-state index contributed by atoms with van der Waals surface area (Å²) in [6.45, 7) is 15.6. The molecule has 0 aromatic heterocycles. The third-order valence-corrected chi connectivity index (χ3v) is 9.88. The summed E-state index contributed by atoms with van der Waals surface area (Å²) in [5.41, 5.74) is 7.21. The molecule has 0 unspecified atom stereocenters. The fourth-order valence-corrected chi connectivity index (χ4v) is 7.87. The van der Waals surface area contributed by atoms with Crippen LogP contribution in [0.4, 0.5) is 0 Å². The van der Waals surface area contributed by atoms with Gasteiger partial charge in [-0.2, -0.15) is 0 Å². The minimum atomic E-state index is -4.05. The molecule has 5 aromatic rings. The standard InChI is InChI=1S/C38H41O7P2/c1-25-14-9-15-26(2)35(25)41-46(42-36-27(3)16-10-17-28(36)4)40-33-22-13-23-34(24-33)43-47(39,44-37-29(5)18-11-19-30(37)6)45-38-31(7)20-12-21-32(38)8/h9-24,39H,1-8H3/q+1. The topological polar surface area (TPSA) is 75.6 Å². The van der Waals surface area contributed by atoms with Crippen molar-refractivity contribution >= 4 is 16.8 Å². The van der Waals surface area contributed by atoms with Gasteiger partial charge in [0.25, 0.3) is 0 Å². The van der Waals surface area contributed by atoms with Gasteiger partial charge >= 0.3 is 16.8 Å². The first-order valence-electron chi connectivity index (χ1n) is 15.3. The van der Waals surface area contributed by atoms with E-state index >= 15 is 0 Å². The van der Waals surface area contributed by atoms with E-state index in [1.54, 1.807) is 24.3 Å². The maximum atomic E-state index is 12.0. The Kier molecular flexibility index (Phi) is 10.6. The largest absolute Gasteiger partial charge is 0.714 e. The fraction of sp³-hybridized carbons (Fsp3) is 0.211. The van der Waals surface area contributed by atoms with Crippen molar-refractivity contribution in [1.29, 1.82) is 0 Å². The number of para-hydroxylation sites is 4. The molecule has 9 heteroatoms. The van der Waals surface area contributed by atoms with Crippen molar-refractivity contribution in [3.8, 4) is 34.5 Å². The smallest absolute Gasteiger partial charge is 0.408 e. The molecular formula is C38H41O7P2+. The van der Waals surface area contributed by atoms with Gasteiger partial charge in [-0.3, -0.25) is 0 Å². The zero-order valence-electron chi connectivity index (χ0n) is 28.0. The maximum Gasteiger partial charge on any atom is 0.714 e. The van der Waals surface area contributed by atoms with E-state index in [4.69, 9.17) is 27.1 Å². The molecule has 0 atom stereocenters. The molecule has 7 nitrogen and oxygen atoms in total. The van der Waals surface area contributed by atoms with Crippen LogP contribution in [0.5, 0.6) is 34.5 Å². The van der Waals surface area contributed by atoms with Gasteiger partial charge in [0.15, 0.2) is 17.2 Å². The van der Waals surface area contributed by atoms with Crippen LogP contribution in [0.3, 0.4) is 0 Å². The molecule has 0 aliphatic heterocycles. The lowest BCUT2D eigenvalue weighted by Gasteiger charge is -2.22. The van der Waals surface area contributed by atoms with E-state index in [9.17, 15) is 4.89 Å². The van der Waals surface area contributed by atoms with Crippen molar-refractivity contribution in [1.82, 2.24) is 0 Å². The van der Waals surface area contributed by atoms with Crippen molar-refractivity contribution in [2.24, 2.45) is 0 Å². The SMILES string of the molecule is Cc1cccc(C)c1OP(Oc1cccc(O[P+](O)(Oc2c(C)cccc2C)Oc2c(C)cccc2C)c1)Oc1c(C)cccc1C. The summed E-state index contributed by atoms with van der Waals surface area (Å²) >= 11 is 0. The number of hydrogen-bond acceptors (Lipinski definition) is 7. The van der Waals surface area contributed by atoms with Crippen LogP contribution >= 0.6 is 16.8 Å². The van der Waals surface area contributed by atoms with Crippen LogP contribution in [0, 0.1) is 55.4 Å². The molecule has 0 saturated carbocycles. The number of benzene rings is 5. The molecule has 0 aliphatic rings. The highest BCUT2D eigenvalue weighted by molar-refractivity contribution is 7.56. The highest BCUT2D eigenvalue weighted by Gasteiger charge is 2.51. The average Bonchev–Trinajstić information content (AvgIpc) is 3.01. The molecule has 244 valence electrons. The van der Waals surface area contributed by atoms with Crippen LogP contribution < -0.4 is 27.1 Å². The summed E-state index contributed by atoms with van der Waals surface area (Å²) in [6.07, 6.45) is 0. The first kappa shape index (κ1) is 34.1. The Labute approximate surface area is 279 Å². The molecule has 47 heavy (non-hydrogen) atoms. The lowest BCUT2D eigenvalue weighted by Crippen LogP contribution is -2.16. The Bertz CT molecular complexity index is 1690. The fourth-order valence-electron chi connectivity index (χ4n) is 5.07. The van der Waals surface area contributed by atoms with Gasteiger partial charge < -0.3 is 13.6 Å². The molecule has 0 amide bonds. The number of rotatable bonds is 12. The Morgan fingerprint density at radius 3 is 1.11 bits per heavy atom. The van der Waals surface area contributed by atoms with Gasteiger partial charge in [0.2, 0.25) is 0 Å². The highest BCUT2D eigenvalue weighted by atomic mass is 31.2. The minimum absolute atomic E-state index is 0.282. The van der Waals surface area contributed by atoms with Crippen molar-refractivity contribution in [2.75, 3.05) is 0 Å². The predicted octanol–water partition coefficient (Wildman–Crippen LogP) is 11.1. The van der Waals surface area contributed by atoms with Crippen molar-refractivity contribution in [3.63, 3.8) is 0 Å². The van der Waals surface area contributed by atoms with Gasteiger partial charge in [0.1, 0.15) is 17.2 Å². The van der Waals surface area contributed by atoms with Crippen molar-refractivity contribution in [2.45, 2.75) is 55.4 Å². The molecule has 5 rings (SSSR count). The summed E-state index contributed by atoms with van der Waals surface area (Å²) < 4.78 is 38.0. The summed E-state index contributed by atoms with van der Waals surface area (Å²) in [5, 5.41) is 0. The molecule has 0 fully saturated rings. The molecule has 0 heterocycles. The van der Waals surface area contributed by atoms with E-state index in [2.05, 4.69) is 0 Å².